The lowest BCUT2D eigenvalue weighted by Gasteiger charge is -2.24. The Hall–Kier alpha value is -0.960. The average Bonchev–Trinajstić information content (AvgIpc) is 3.11. The van der Waals surface area contributed by atoms with Crippen molar-refractivity contribution in [3.05, 3.63) is 18.3 Å². The molecule has 4 heteroatoms. The van der Waals surface area contributed by atoms with Crippen LogP contribution in [0, 0.1) is 0 Å². The first-order valence-corrected chi connectivity index (χ1v) is 6.30. The molecule has 16 heavy (non-hydrogen) atoms. The van der Waals surface area contributed by atoms with Gasteiger partial charge >= 0.3 is 0 Å². The molecule has 1 aliphatic rings. The predicted octanol–water partition coefficient (Wildman–Crippen LogP) is 2.69. The first kappa shape index (κ1) is 11.5. The molecule has 1 aliphatic carbocycles. The summed E-state index contributed by atoms with van der Waals surface area (Å²) in [5, 5.41) is 0. The summed E-state index contributed by atoms with van der Waals surface area (Å²) in [4.78, 5) is 6.68. The Balaban J connectivity index is 2.21. The van der Waals surface area contributed by atoms with E-state index in [1.165, 1.54) is 12.8 Å². The smallest absolute Gasteiger partial charge is 0.171 e. The van der Waals surface area contributed by atoms with Gasteiger partial charge in [0.2, 0.25) is 0 Å². The largest absolute Gasteiger partial charge is 0.490 e. The minimum absolute atomic E-state index is 0.604. The van der Waals surface area contributed by atoms with Crippen LogP contribution in [0.4, 0.5) is 5.82 Å². The molecule has 1 aromatic rings. The van der Waals surface area contributed by atoms with E-state index in [-0.39, 0.29) is 0 Å². The van der Waals surface area contributed by atoms with Gasteiger partial charge in [0.15, 0.2) is 11.6 Å². The molecule has 1 heterocycles. The summed E-state index contributed by atoms with van der Waals surface area (Å²) in [6.07, 6.45) is 4.28. The van der Waals surface area contributed by atoms with Crippen molar-refractivity contribution >= 4 is 17.4 Å². The highest BCUT2D eigenvalue weighted by Crippen LogP contribution is 2.35. The zero-order valence-corrected chi connectivity index (χ0v) is 10.3. The van der Waals surface area contributed by atoms with Gasteiger partial charge in [0, 0.05) is 24.7 Å². The van der Waals surface area contributed by atoms with Crippen LogP contribution in [0.15, 0.2) is 18.3 Å². The number of aromatic nitrogens is 1. The summed E-state index contributed by atoms with van der Waals surface area (Å²) in [6, 6.07) is 4.48. The number of nitrogens with zero attached hydrogens (tertiary/aromatic N) is 2. The topological polar surface area (TPSA) is 25.4 Å². The molecule has 0 saturated heterocycles. The van der Waals surface area contributed by atoms with E-state index in [1.54, 1.807) is 0 Å². The summed E-state index contributed by atoms with van der Waals surface area (Å²) in [7, 11) is 0. The Kier molecular flexibility index (Phi) is 3.88. The van der Waals surface area contributed by atoms with Crippen molar-refractivity contribution in [1.29, 1.82) is 0 Å². The molecule has 0 radical (unpaired) electrons. The molecular weight excluding hydrogens is 224 g/mol. The van der Waals surface area contributed by atoms with Crippen molar-refractivity contribution in [1.82, 2.24) is 4.98 Å². The normalized spacial score (nSPS) is 14.9. The van der Waals surface area contributed by atoms with Gasteiger partial charge in [0.05, 0.1) is 6.61 Å². The van der Waals surface area contributed by atoms with Crippen molar-refractivity contribution in [3.8, 4) is 5.75 Å². The highest BCUT2D eigenvalue weighted by atomic mass is 35.5. The molecule has 0 N–H and O–H groups in total. The SMILES string of the molecule is CCOc1cccnc1N(CCCl)C1CC1. The number of halogens is 1. The number of hydrogen-bond donors (Lipinski definition) is 0. The van der Waals surface area contributed by atoms with E-state index in [0.29, 0.717) is 18.5 Å². The molecule has 1 saturated carbocycles. The van der Waals surface area contributed by atoms with Crippen LogP contribution in [-0.4, -0.2) is 30.1 Å². The van der Waals surface area contributed by atoms with E-state index >= 15 is 0 Å². The molecule has 88 valence electrons. The highest BCUT2D eigenvalue weighted by molar-refractivity contribution is 6.18. The maximum atomic E-state index is 5.84. The highest BCUT2D eigenvalue weighted by Gasteiger charge is 2.31. The van der Waals surface area contributed by atoms with Crippen LogP contribution in [0.2, 0.25) is 0 Å². The zero-order chi connectivity index (χ0) is 11.4. The first-order chi connectivity index (χ1) is 7.86. The number of hydrogen-bond acceptors (Lipinski definition) is 3. The molecular formula is C12H17ClN2O. The maximum absolute atomic E-state index is 5.84. The first-order valence-electron chi connectivity index (χ1n) is 5.77. The van der Waals surface area contributed by atoms with Crippen LogP contribution in [0.3, 0.4) is 0 Å². The summed E-state index contributed by atoms with van der Waals surface area (Å²) in [5.74, 6) is 2.42. The van der Waals surface area contributed by atoms with Crippen molar-refractivity contribution in [2.75, 3.05) is 23.9 Å². The third-order valence-corrected chi connectivity index (χ3v) is 2.80. The summed E-state index contributed by atoms with van der Waals surface area (Å²) in [5.41, 5.74) is 0. The molecule has 0 spiro atoms. The van der Waals surface area contributed by atoms with Crippen molar-refractivity contribution in [3.63, 3.8) is 0 Å². The number of ether oxygens (including phenoxy) is 1. The lowest BCUT2D eigenvalue weighted by atomic mass is 10.3. The summed E-state index contributed by atoms with van der Waals surface area (Å²) < 4.78 is 5.59. The number of alkyl halides is 1. The van der Waals surface area contributed by atoms with Gasteiger partial charge in [-0.2, -0.15) is 0 Å². The summed E-state index contributed by atoms with van der Waals surface area (Å²) in [6.45, 7) is 3.49. The van der Waals surface area contributed by atoms with E-state index < -0.39 is 0 Å². The van der Waals surface area contributed by atoms with Gasteiger partial charge in [-0.15, -0.1) is 11.6 Å². The standard InChI is InChI=1S/C12H17ClN2O/c1-2-16-11-4-3-8-14-12(11)15(9-7-13)10-5-6-10/h3-4,8,10H,2,5-7,9H2,1H3. The van der Waals surface area contributed by atoms with Crippen molar-refractivity contribution in [2.45, 2.75) is 25.8 Å². The van der Waals surface area contributed by atoms with Crippen LogP contribution in [0.1, 0.15) is 19.8 Å². The van der Waals surface area contributed by atoms with Crippen LogP contribution < -0.4 is 9.64 Å². The molecule has 2 rings (SSSR count). The Bertz CT molecular complexity index is 342. The van der Waals surface area contributed by atoms with Gasteiger partial charge < -0.3 is 9.64 Å². The molecule has 1 fully saturated rings. The Labute approximate surface area is 101 Å². The van der Waals surface area contributed by atoms with Crippen LogP contribution in [-0.2, 0) is 0 Å². The molecule has 0 bridgehead atoms. The molecule has 0 aliphatic heterocycles. The van der Waals surface area contributed by atoms with Gasteiger partial charge in [-0.05, 0) is 31.9 Å². The Morgan fingerprint density at radius 2 is 2.38 bits per heavy atom. The molecule has 0 unspecified atom stereocenters. The van der Waals surface area contributed by atoms with Crippen molar-refractivity contribution < 1.29 is 4.74 Å². The molecule has 0 amide bonds. The van der Waals surface area contributed by atoms with Crippen molar-refractivity contribution in [2.24, 2.45) is 0 Å². The van der Waals surface area contributed by atoms with Crippen LogP contribution >= 0.6 is 11.6 Å². The van der Waals surface area contributed by atoms with E-state index in [0.717, 1.165) is 18.1 Å². The van der Waals surface area contributed by atoms with E-state index in [2.05, 4.69) is 9.88 Å². The lowest BCUT2D eigenvalue weighted by molar-refractivity contribution is 0.339. The fourth-order valence-corrected chi connectivity index (χ4v) is 1.99. The van der Waals surface area contributed by atoms with Gasteiger partial charge in [0.25, 0.3) is 0 Å². The minimum atomic E-state index is 0.604. The van der Waals surface area contributed by atoms with Gasteiger partial charge in [-0.25, -0.2) is 4.98 Å². The molecule has 0 aromatic carbocycles. The minimum Gasteiger partial charge on any atom is -0.490 e. The second kappa shape index (κ2) is 5.39. The third-order valence-electron chi connectivity index (χ3n) is 2.64. The van der Waals surface area contributed by atoms with Crippen LogP contribution in [0.25, 0.3) is 0 Å². The van der Waals surface area contributed by atoms with Crippen LogP contribution in [0.5, 0.6) is 5.75 Å². The Morgan fingerprint density at radius 3 is 3.00 bits per heavy atom. The van der Waals surface area contributed by atoms with Gasteiger partial charge in [-0.1, -0.05) is 0 Å². The predicted molar refractivity (Wildman–Crippen MR) is 66.5 cm³/mol. The molecule has 1 aromatic heterocycles. The number of rotatable bonds is 6. The third kappa shape index (κ3) is 2.59. The number of pyridine rings is 1. The quantitative estimate of drug-likeness (QED) is 0.715. The fourth-order valence-electron chi connectivity index (χ4n) is 1.80. The Morgan fingerprint density at radius 1 is 1.56 bits per heavy atom. The summed E-state index contributed by atoms with van der Waals surface area (Å²) >= 11 is 5.84. The fraction of sp³-hybridized carbons (Fsp3) is 0.583. The second-order valence-corrected chi connectivity index (χ2v) is 4.25. The zero-order valence-electron chi connectivity index (χ0n) is 9.53. The molecule has 3 nitrogen and oxygen atoms in total. The van der Waals surface area contributed by atoms with E-state index in [1.807, 2.05) is 25.3 Å². The van der Waals surface area contributed by atoms with Gasteiger partial charge in [0.1, 0.15) is 0 Å². The maximum Gasteiger partial charge on any atom is 0.171 e. The monoisotopic (exact) mass is 240 g/mol. The number of anilines is 1. The second-order valence-electron chi connectivity index (χ2n) is 3.87. The van der Waals surface area contributed by atoms with E-state index in [9.17, 15) is 0 Å². The van der Waals surface area contributed by atoms with Gasteiger partial charge in [-0.3, -0.25) is 0 Å². The van der Waals surface area contributed by atoms with E-state index in [4.69, 9.17) is 16.3 Å². The average molecular weight is 241 g/mol. The molecule has 0 atom stereocenters. The lowest BCUT2D eigenvalue weighted by Crippen LogP contribution is -2.29.